The van der Waals surface area contributed by atoms with Crippen LogP contribution in [-0.2, 0) is 6.42 Å². The largest absolute Gasteiger partial charge is 0.477 e. The summed E-state index contributed by atoms with van der Waals surface area (Å²) in [4.78, 5) is 19.9. The van der Waals surface area contributed by atoms with Gasteiger partial charge in [-0.15, -0.1) is 0 Å². The standard InChI is InChI=1S/C15H14N4O2/c1-2-3-11-8-14-17-12(10-4-6-16-7-5-10)9-13(15(20)21)19(14)18-11/h4-9H,2-3H2,1H3,(H,20,21). The van der Waals surface area contributed by atoms with E-state index in [4.69, 9.17) is 0 Å². The lowest BCUT2D eigenvalue weighted by Crippen LogP contribution is -2.08. The van der Waals surface area contributed by atoms with E-state index in [-0.39, 0.29) is 5.69 Å². The summed E-state index contributed by atoms with van der Waals surface area (Å²) in [7, 11) is 0. The lowest BCUT2D eigenvalue weighted by molar-refractivity contribution is 0.0687. The Labute approximate surface area is 121 Å². The minimum atomic E-state index is -1.02. The number of pyridine rings is 1. The van der Waals surface area contributed by atoms with Crippen LogP contribution in [0.25, 0.3) is 16.9 Å². The fraction of sp³-hybridized carbons (Fsp3) is 0.200. The van der Waals surface area contributed by atoms with Gasteiger partial charge in [-0.3, -0.25) is 4.98 Å². The molecule has 21 heavy (non-hydrogen) atoms. The Morgan fingerprint density at radius 2 is 2.05 bits per heavy atom. The van der Waals surface area contributed by atoms with Crippen molar-refractivity contribution >= 4 is 11.6 Å². The van der Waals surface area contributed by atoms with Crippen molar-refractivity contribution in [1.29, 1.82) is 0 Å². The van der Waals surface area contributed by atoms with Crippen LogP contribution in [0.15, 0.2) is 36.7 Å². The van der Waals surface area contributed by atoms with Gasteiger partial charge in [-0.2, -0.15) is 5.10 Å². The molecule has 3 heterocycles. The van der Waals surface area contributed by atoms with Gasteiger partial charge in [-0.25, -0.2) is 14.3 Å². The quantitative estimate of drug-likeness (QED) is 0.795. The Morgan fingerprint density at radius 1 is 1.29 bits per heavy atom. The highest BCUT2D eigenvalue weighted by molar-refractivity contribution is 5.88. The number of aryl methyl sites for hydroxylation is 1. The van der Waals surface area contributed by atoms with Crippen LogP contribution < -0.4 is 0 Å². The summed E-state index contributed by atoms with van der Waals surface area (Å²) >= 11 is 0. The molecule has 6 nitrogen and oxygen atoms in total. The monoisotopic (exact) mass is 282 g/mol. The van der Waals surface area contributed by atoms with E-state index >= 15 is 0 Å². The number of hydrogen-bond acceptors (Lipinski definition) is 4. The molecule has 0 fully saturated rings. The smallest absolute Gasteiger partial charge is 0.354 e. The fourth-order valence-electron chi connectivity index (χ4n) is 2.22. The number of nitrogens with zero attached hydrogens (tertiary/aromatic N) is 4. The van der Waals surface area contributed by atoms with E-state index in [1.165, 1.54) is 10.6 Å². The molecule has 0 saturated heterocycles. The van der Waals surface area contributed by atoms with Crippen LogP contribution in [0.5, 0.6) is 0 Å². The van der Waals surface area contributed by atoms with Crippen molar-refractivity contribution in [2.45, 2.75) is 19.8 Å². The molecule has 3 aromatic rings. The molecule has 0 bridgehead atoms. The third-order valence-corrected chi connectivity index (χ3v) is 3.18. The number of rotatable bonds is 4. The molecule has 0 saturated carbocycles. The van der Waals surface area contributed by atoms with Crippen LogP contribution >= 0.6 is 0 Å². The summed E-state index contributed by atoms with van der Waals surface area (Å²) in [6.45, 7) is 2.05. The third kappa shape index (κ3) is 2.47. The molecule has 6 heteroatoms. The molecule has 0 radical (unpaired) electrons. The zero-order chi connectivity index (χ0) is 14.8. The summed E-state index contributed by atoms with van der Waals surface area (Å²) in [6, 6.07) is 6.97. The van der Waals surface area contributed by atoms with Crippen LogP contribution in [0, 0.1) is 0 Å². The Kier molecular flexibility index (Phi) is 3.35. The molecule has 0 aromatic carbocycles. The Morgan fingerprint density at radius 3 is 2.71 bits per heavy atom. The number of carboxylic acids is 1. The second-order valence-corrected chi connectivity index (χ2v) is 4.72. The molecule has 0 aliphatic carbocycles. The van der Waals surface area contributed by atoms with Crippen molar-refractivity contribution in [3.8, 4) is 11.3 Å². The summed E-state index contributed by atoms with van der Waals surface area (Å²) in [5.41, 5.74) is 2.93. The minimum Gasteiger partial charge on any atom is -0.477 e. The average Bonchev–Trinajstić information content (AvgIpc) is 2.89. The van der Waals surface area contributed by atoms with Crippen molar-refractivity contribution in [1.82, 2.24) is 19.6 Å². The van der Waals surface area contributed by atoms with Crippen LogP contribution in [0.1, 0.15) is 29.5 Å². The van der Waals surface area contributed by atoms with E-state index in [1.807, 2.05) is 6.07 Å². The summed E-state index contributed by atoms with van der Waals surface area (Å²) in [5, 5.41) is 13.7. The van der Waals surface area contributed by atoms with E-state index in [1.54, 1.807) is 24.5 Å². The average molecular weight is 282 g/mol. The Bertz CT molecular complexity index is 796. The van der Waals surface area contributed by atoms with Gasteiger partial charge in [0.05, 0.1) is 11.4 Å². The molecule has 3 aromatic heterocycles. The molecule has 0 unspecified atom stereocenters. The second kappa shape index (κ2) is 5.32. The molecule has 0 spiro atoms. The van der Waals surface area contributed by atoms with Crippen molar-refractivity contribution in [3.63, 3.8) is 0 Å². The molecular weight excluding hydrogens is 268 g/mol. The van der Waals surface area contributed by atoms with Gasteiger partial charge in [-0.05, 0) is 24.6 Å². The molecule has 1 N–H and O–H groups in total. The summed E-state index contributed by atoms with van der Waals surface area (Å²) in [5.74, 6) is -1.02. The maximum Gasteiger partial charge on any atom is 0.354 e. The third-order valence-electron chi connectivity index (χ3n) is 3.18. The first-order chi connectivity index (χ1) is 10.2. The normalized spacial score (nSPS) is 10.9. The van der Waals surface area contributed by atoms with Crippen LogP contribution in [-0.4, -0.2) is 30.7 Å². The van der Waals surface area contributed by atoms with E-state index in [0.717, 1.165) is 24.1 Å². The predicted octanol–water partition coefficient (Wildman–Crippen LogP) is 2.44. The van der Waals surface area contributed by atoms with Gasteiger partial charge in [-0.1, -0.05) is 13.3 Å². The highest BCUT2D eigenvalue weighted by atomic mass is 16.4. The molecule has 0 atom stereocenters. The van der Waals surface area contributed by atoms with E-state index in [0.29, 0.717) is 11.3 Å². The number of hydrogen-bond donors (Lipinski definition) is 1. The highest BCUT2D eigenvalue weighted by Crippen LogP contribution is 2.20. The molecule has 106 valence electrons. The van der Waals surface area contributed by atoms with Crippen LogP contribution in [0.3, 0.4) is 0 Å². The van der Waals surface area contributed by atoms with Gasteiger partial charge in [0, 0.05) is 24.0 Å². The summed E-state index contributed by atoms with van der Waals surface area (Å²) < 4.78 is 1.39. The Hall–Kier alpha value is -2.76. The predicted molar refractivity (Wildman–Crippen MR) is 77.2 cm³/mol. The van der Waals surface area contributed by atoms with Gasteiger partial charge in [0.15, 0.2) is 11.3 Å². The number of fused-ring (bicyclic) bond motifs is 1. The SMILES string of the molecule is CCCc1cc2nc(-c3ccncc3)cc(C(=O)O)n2n1. The van der Waals surface area contributed by atoms with Gasteiger partial charge in [0.25, 0.3) is 0 Å². The van der Waals surface area contributed by atoms with E-state index < -0.39 is 5.97 Å². The van der Waals surface area contributed by atoms with Crippen molar-refractivity contribution in [2.75, 3.05) is 0 Å². The van der Waals surface area contributed by atoms with E-state index in [9.17, 15) is 9.90 Å². The van der Waals surface area contributed by atoms with Crippen molar-refractivity contribution < 1.29 is 9.90 Å². The van der Waals surface area contributed by atoms with Crippen molar-refractivity contribution in [3.05, 3.63) is 48.0 Å². The number of carbonyl (C=O) groups is 1. The number of aromatic nitrogens is 4. The van der Waals surface area contributed by atoms with Gasteiger partial charge in [0.2, 0.25) is 0 Å². The molecule has 0 aliphatic heterocycles. The molecular formula is C15H14N4O2. The van der Waals surface area contributed by atoms with Crippen LogP contribution in [0.2, 0.25) is 0 Å². The zero-order valence-electron chi connectivity index (χ0n) is 11.5. The zero-order valence-corrected chi connectivity index (χ0v) is 11.5. The fourth-order valence-corrected chi connectivity index (χ4v) is 2.22. The number of carboxylic acid groups (broad SMARTS) is 1. The van der Waals surface area contributed by atoms with Gasteiger partial charge in [0.1, 0.15) is 0 Å². The van der Waals surface area contributed by atoms with E-state index in [2.05, 4.69) is 22.0 Å². The topological polar surface area (TPSA) is 80.4 Å². The maximum absolute atomic E-state index is 11.5. The van der Waals surface area contributed by atoms with Crippen molar-refractivity contribution in [2.24, 2.45) is 0 Å². The minimum absolute atomic E-state index is 0.106. The van der Waals surface area contributed by atoms with Crippen LogP contribution in [0.4, 0.5) is 0 Å². The second-order valence-electron chi connectivity index (χ2n) is 4.72. The van der Waals surface area contributed by atoms with Gasteiger partial charge < -0.3 is 5.11 Å². The first-order valence-electron chi connectivity index (χ1n) is 6.72. The lowest BCUT2D eigenvalue weighted by atomic mass is 10.1. The first-order valence-corrected chi connectivity index (χ1v) is 6.72. The molecule has 3 rings (SSSR count). The van der Waals surface area contributed by atoms with Gasteiger partial charge >= 0.3 is 5.97 Å². The highest BCUT2D eigenvalue weighted by Gasteiger charge is 2.15. The number of aromatic carboxylic acids is 1. The first kappa shape index (κ1) is 13.2. The maximum atomic E-state index is 11.5. The summed E-state index contributed by atoms with van der Waals surface area (Å²) in [6.07, 6.45) is 5.05. The molecule has 0 aliphatic rings. The Balaban J connectivity index is 2.22. The molecule has 0 amide bonds. The lowest BCUT2D eigenvalue weighted by Gasteiger charge is -2.04.